The minimum Gasteiger partial charge on any atom is -0.387 e. The number of aliphatic hydroxyl groups is 1. The van der Waals surface area contributed by atoms with Gasteiger partial charge in [-0.3, -0.25) is 9.78 Å². The summed E-state index contributed by atoms with van der Waals surface area (Å²) in [5, 5.41) is 14.7. The van der Waals surface area contributed by atoms with Gasteiger partial charge in [-0.25, -0.2) is 0 Å². The van der Waals surface area contributed by atoms with Crippen LogP contribution in [0.25, 0.3) is 10.9 Å². The van der Waals surface area contributed by atoms with Crippen molar-refractivity contribution in [1.82, 2.24) is 15.3 Å². The molecule has 3 N–H and O–H groups in total. The molecule has 0 saturated heterocycles. The number of aryl methyl sites for hydroxylation is 1. The fourth-order valence-electron chi connectivity index (χ4n) is 4.20. The standard InChI is InChI=1S/C22H25N3O2/c1-14-20(17-6-2-3-7-18(17)24-14)22(27)25-16-11-9-15(10-12-16)21(26)19-8-4-5-13-23-19/h2-8,13,15-16,21,24,26H,9-12H2,1H3,(H,25,27)/t15-,16-,21?. The van der Waals surface area contributed by atoms with E-state index in [1.807, 2.05) is 49.4 Å². The van der Waals surface area contributed by atoms with Crippen LogP contribution in [0.3, 0.4) is 0 Å². The molecule has 1 aliphatic carbocycles. The first-order chi connectivity index (χ1) is 13.1. The van der Waals surface area contributed by atoms with Crippen LogP contribution in [-0.2, 0) is 0 Å². The number of para-hydroxylation sites is 1. The maximum absolute atomic E-state index is 12.9. The molecule has 1 fully saturated rings. The van der Waals surface area contributed by atoms with Crippen LogP contribution in [0.15, 0.2) is 48.7 Å². The first kappa shape index (κ1) is 17.7. The first-order valence-corrected chi connectivity index (χ1v) is 9.60. The van der Waals surface area contributed by atoms with Crippen LogP contribution in [0.2, 0.25) is 0 Å². The van der Waals surface area contributed by atoms with E-state index in [0.29, 0.717) is 0 Å². The number of fused-ring (bicyclic) bond motifs is 1. The number of hydrogen-bond donors (Lipinski definition) is 3. The van der Waals surface area contributed by atoms with E-state index in [-0.39, 0.29) is 17.9 Å². The van der Waals surface area contributed by atoms with Crippen molar-refractivity contribution in [1.29, 1.82) is 0 Å². The molecule has 0 spiro atoms. The Labute approximate surface area is 158 Å². The fraction of sp³-hybridized carbons (Fsp3) is 0.364. The molecule has 1 saturated carbocycles. The Morgan fingerprint density at radius 1 is 1.15 bits per heavy atom. The Balaban J connectivity index is 1.39. The summed E-state index contributed by atoms with van der Waals surface area (Å²) < 4.78 is 0. The second-order valence-electron chi connectivity index (χ2n) is 7.46. The Morgan fingerprint density at radius 2 is 1.89 bits per heavy atom. The third-order valence-corrected chi connectivity index (χ3v) is 5.67. The lowest BCUT2D eigenvalue weighted by molar-refractivity contribution is 0.0712. The number of aliphatic hydroxyl groups excluding tert-OH is 1. The molecule has 1 aliphatic rings. The van der Waals surface area contributed by atoms with Gasteiger partial charge in [0.2, 0.25) is 0 Å². The number of carbonyl (C=O) groups excluding carboxylic acids is 1. The van der Waals surface area contributed by atoms with Gasteiger partial charge in [-0.1, -0.05) is 24.3 Å². The molecule has 140 valence electrons. The molecular formula is C22H25N3O2. The van der Waals surface area contributed by atoms with E-state index < -0.39 is 6.10 Å². The van der Waals surface area contributed by atoms with E-state index in [0.717, 1.165) is 53.5 Å². The number of pyridine rings is 1. The van der Waals surface area contributed by atoms with Gasteiger partial charge in [0.15, 0.2) is 0 Å². The molecule has 3 aromatic rings. The lowest BCUT2D eigenvalue weighted by Crippen LogP contribution is -2.38. The zero-order valence-corrected chi connectivity index (χ0v) is 15.5. The van der Waals surface area contributed by atoms with Gasteiger partial charge in [0.25, 0.3) is 5.91 Å². The van der Waals surface area contributed by atoms with Crippen molar-refractivity contribution in [2.75, 3.05) is 0 Å². The Morgan fingerprint density at radius 3 is 2.63 bits per heavy atom. The third kappa shape index (κ3) is 3.60. The molecule has 0 radical (unpaired) electrons. The zero-order valence-electron chi connectivity index (χ0n) is 15.5. The van der Waals surface area contributed by atoms with Gasteiger partial charge in [0.05, 0.1) is 17.4 Å². The SMILES string of the molecule is Cc1[nH]c2ccccc2c1C(=O)N[C@H]1CC[C@H](C(O)c2ccccn2)CC1. The van der Waals surface area contributed by atoms with Crippen LogP contribution in [0, 0.1) is 12.8 Å². The molecule has 0 aliphatic heterocycles. The highest BCUT2D eigenvalue weighted by molar-refractivity contribution is 6.08. The predicted octanol–water partition coefficient (Wildman–Crippen LogP) is 3.89. The summed E-state index contributed by atoms with van der Waals surface area (Å²) in [4.78, 5) is 20.4. The van der Waals surface area contributed by atoms with Crippen LogP contribution in [-0.4, -0.2) is 27.0 Å². The fourth-order valence-corrected chi connectivity index (χ4v) is 4.20. The lowest BCUT2D eigenvalue weighted by atomic mass is 9.81. The molecule has 5 heteroatoms. The maximum atomic E-state index is 12.9. The second kappa shape index (κ2) is 7.53. The first-order valence-electron chi connectivity index (χ1n) is 9.60. The van der Waals surface area contributed by atoms with Gasteiger partial charge in [0.1, 0.15) is 0 Å². The highest BCUT2D eigenvalue weighted by atomic mass is 16.3. The van der Waals surface area contributed by atoms with E-state index in [2.05, 4.69) is 15.3 Å². The second-order valence-corrected chi connectivity index (χ2v) is 7.46. The number of aromatic amines is 1. The topological polar surface area (TPSA) is 78.0 Å². The number of hydrogen-bond acceptors (Lipinski definition) is 3. The van der Waals surface area contributed by atoms with Crippen molar-refractivity contribution in [2.45, 2.75) is 44.8 Å². The largest absolute Gasteiger partial charge is 0.387 e. The smallest absolute Gasteiger partial charge is 0.253 e. The van der Waals surface area contributed by atoms with Crippen LogP contribution in [0.1, 0.15) is 53.5 Å². The lowest BCUT2D eigenvalue weighted by Gasteiger charge is -2.31. The minimum atomic E-state index is -0.529. The molecule has 5 nitrogen and oxygen atoms in total. The molecule has 27 heavy (non-hydrogen) atoms. The third-order valence-electron chi connectivity index (χ3n) is 5.67. The number of amides is 1. The molecule has 1 amide bonds. The summed E-state index contributed by atoms with van der Waals surface area (Å²) in [6.07, 6.45) is 4.71. The van der Waals surface area contributed by atoms with Gasteiger partial charge in [-0.05, 0) is 56.7 Å². The van der Waals surface area contributed by atoms with Crippen LogP contribution in [0.5, 0.6) is 0 Å². The van der Waals surface area contributed by atoms with E-state index in [1.165, 1.54) is 0 Å². The van der Waals surface area contributed by atoms with Gasteiger partial charge < -0.3 is 15.4 Å². The zero-order chi connectivity index (χ0) is 18.8. The molecule has 1 atom stereocenters. The Bertz CT molecular complexity index is 927. The highest BCUT2D eigenvalue weighted by Gasteiger charge is 2.29. The van der Waals surface area contributed by atoms with Crippen molar-refractivity contribution < 1.29 is 9.90 Å². The normalized spacial score (nSPS) is 21.1. The van der Waals surface area contributed by atoms with Gasteiger partial charge >= 0.3 is 0 Å². The number of carbonyl (C=O) groups is 1. The molecule has 2 aromatic heterocycles. The molecule has 4 rings (SSSR count). The van der Waals surface area contributed by atoms with Gasteiger partial charge in [-0.2, -0.15) is 0 Å². The average molecular weight is 363 g/mol. The quantitative estimate of drug-likeness (QED) is 0.658. The van der Waals surface area contributed by atoms with Crippen molar-refractivity contribution in [3.8, 4) is 0 Å². The summed E-state index contributed by atoms with van der Waals surface area (Å²) >= 11 is 0. The van der Waals surface area contributed by atoms with E-state index in [1.54, 1.807) is 6.20 Å². The monoisotopic (exact) mass is 363 g/mol. The van der Waals surface area contributed by atoms with Crippen LogP contribution >= 0.6 is 0 Å². The summed E-state index contributed by atoms with van der Waals surface area (Å²) in [6.45, 7) is 1.94. The summed E-state index contributed by atoms with van der Waals surface area (Å²) in [6, 6.07) is 13.7. The van der Waals surface area contributed by atoms with E-state index >= 15 is 0 Å². The number of benzene rings is 1. The average Bonchev–Trinajstić information content (AvgIpc) is 3.04. The summed E-state index contributed by atoms with van der Waals surface area (Å²) in [5.74, 6) is 0.182. The predicted molar refractivity (Wildman–Crippen MR) is 105 cm³/mol. The number of nitrogens with one attached hydrogen (secondary N) is 2. The van der Waals surface area contributed by atoms with Crippen LogP contribution < -0.4 is 5.32 Å². The number of H-pyrrole nitrogens is 1. The minimum absolute atomic E-state index is 0.0151. The number of rotatable bonds is 4. The van der Waals surface area contributed by atoms with Crippen molar-refractivity contribution >= 4 is 16.8 Å². The molecular weight excluding hydrogens is 338 g/mol. The van der Waals surface area contributed by atoms with Crippen molar-refractivity contribution in [2.24, 2.45) is 5.92 Å². The number of nitrogens with zero attached hydrogens (tertiary/aromatic N) is 1. The Hall–Kier alpha value is -2.66. The molecule has 2 heterocycles. The van der Waals surface area contributed by atoms with E-state index in [9.17, 15) is 9.90 Å². The van der Waals surface area contributed by atoms with Gasteiger partial charge in [-0.15, -0.1) is 0 Å². The van der Waals surface area contributed by atoms with Crippen molar-refractivity contribution in [3.05, 3.63) is 65.6 Å². The summed E-state index contributed by atoms with van der Waals surface area (Å²) in [5.41, 5.74) is 3.36. The highest BCUT2D eigenvalue weighted by Crippen LogP contribution is 2.34. The summed E-state index contributed by atoms with van der Waals surface area (Å²) in [7, 11) is 0. The molecule has 1 unspecified atom stereocenters. The molecule has 0 bridgehead atoms. The Kier molecular flexibility index (Phi) is 4.94. The van der Waals surface area contributed by atoms with Crippen LogP contribution in [0.4, 0.5) is 0 Å². The number of aromatic nitrogens is 2. The van der Waals surface area contributed by atoms with Crippen molar-refractivity contribution in [3.63, 3.8) is 0 Å². The molecule has 1 aromatic carbocycles. The van der Waals surface area contributed by atoms with E-state index in [4.69, 9.17) is 0 Å². The van der Waals surface area contributed by atoms with Gasteiger partial charge in [0, 0.05) is 28.8 Å². The maximum Gasteiger partial charge on any atom is 0.253 e.